The zero-order valence-corrected chi connectivity index (χ0v) is 18.7. The van der Waals surface area contributed by atoms with Crippen LogP contribution < -0.4 is 5.09 Å². The smallest absolute Gasteiger partial charge is 0.216 e. The molecule has 28 heavy (non-hydrogen) atoms. The second-order valence-electron chi connectivity index (χ2n) is 5.99. The molecule has 0 bridgehead atoms. The van der Waals surface area contributed by atoms with Crippen LogP contribution in [0.4, 0.5) is 5.69 Å². The lowest BCUT2D eigenvalue weighted by atomic mass is 10.2. The molecule has 1 N–H and O–H groups in total. The van der Waals surface area contributed by atoms with Gasteiger partial charge in [0.1, 0.15) is 0 Å². The lowest BCUT2D eigenvalue weighted by Crippen LogP contribution is -1.95. The van der Waals surface area contributed by atoms with Crippen LogP contribution >= 0.6 is 46.4 Å². The molecule has 3 rings (SSSR count). The predicted octanol–water partition coefficient (Wildman–Crippen LogP) is 8.61. The number of anilines is 1. The van der Waals surface area contributed by atoms with Gasteiger partial charge in [-0.1, -0.05) is 96.0 Å². The second kappa shape index (κ2) is 9.62. The van der Waals surface area contributed by atoms with E-state index in [9.17, 15) is 4.57 Å². The van der Waals surface area contributed by atoms with E-state index in [1.165, 1.54) is 11.6 Å². The highest BCUT2D eigenvalue weighted by Crippen LogP contribution is 2.54. The number of hydrogen-bond donors (Lipinski definition) is 1. The van der Waals surface area contributed by atoms with Gasteiger partial charge in [-0.3, -0.25) is 4.57 Å². The molecule has 0 heterocycles. The number of hydrogen-bond acceptors (Lipinski definition) is 1. The molecule has 0 saturated heterocycles. The Hall–Kier alpha value is -1.77. The molecule has 0 aliphatic heterocycles. The van der Waals surface area contributed by atoms with E-state index in [-0.39, 0.29) is 0 Å². The van der Waals surface area contributed by atoms with Crippen molar-refractivity contribution in [2.45, 2.75) is 0 Å². The van der Waals surface area contributed by atoms with Crippen LogP contribution in [0, 0.1) is 0 Å². The summed E-state index contributed by atoms with van der Waals surface area (Å²) in [5.74, 6) is 3.07. The molecule has 142 valence electrons. The molecule has 0 aliphatic rings. The van der Waals surface area contributed by atoms with Crippen molar-refractivity contribution in [3.63, 3.8) is 0 Å². The summed E-state index contributed by atoms with van der Waals surface area (Å²) in [7, 11) is -3.28. The van der Waals surface area contributed by atoms with E-state index in [4.69, 9.17) is 23.2 Å². The average Bonchev–Trinajstić information content (AvgIpc) is 2.71. The lowest BCUT2D eigenvalue weighted by Gasteiger charge is -2.17. The van der Waals surface area contributed by atoms with Gasteiger partial charge in [-0.05, 0) is 39.2 Å². The maximum absolute atomic E-state index is 13.8. The Balaban J connectivity index is 2.05. The van der Waals surface area contributed by atoms with Gasteiger partial charge in [-0.25, -0.2) is 0 Å². The Morgan fingerprint density at radius 1 is 0.750 bits per heavy atom. The number of halogens is 3. The van der Waals surface area contributed by atoms with Gasteiger partial charge in [0.2, 0.25) is 7.29 Å². The minimum absolute atomic E-state index is 0.386. The fourth-order valence-electron chi connectivity index (χ4n) is 2.52. The van der Waals surface area contributed by atoms with Crippen molar-refractivity contribution in [2.75, 3.05) is 5.09 Å². The third-order valence-electron chi connectivity index (χ3n) is 3.88. The predicted molar refractivity (Wildman–Crippen MR) is 126 cm³/mol. The van der Waals surface area contributed by atoms with Crippen molar-refractivity contribution in [1.29, 1.82) is 0 Å². The average molecular weight is 493 g/mol. The zero-order chi connectivity index (χ0) is 20.0. The molecule has 0 spiro atoms. The molecule has 6 heteroatoms. The molecule has 0 aliphatic carbocycles. The summed E-state index contributed by atoms with van der Waals surface area (Å²) in [5.41, 5.74) is 2.25. The van der Waals surface area contributed by atoms with Crippen molar-refractivity contribution in [2.24, 2.45) is 0 Å². The van der Waals surface area contributed by atoms with Crippen LogP contribution in [0.2, 0.25) is 0 Å². The minimum atomic E-state index is -3.28. The maximum atomic E-state index is 13.8. The summed E-state index contributed by atoms with van der Waals surface area (Å²) >= 11 is 16.5. The largest absolute Gasteiger partial charge is 0.329 e. The zero-order valence-electron chi connectivity index (χ0n) is 14.7. The standard InChI is InChI=1S/C22H17BrCl2NOP/c23-19-13-7-8-14-22(19)26-28(27,15-20(24)17-9-3-1-4-10-17)16-21(25)18-11-5-2-6-12-18/h1-16H,(H,26,27). The molecular formula is C22H17BrCl2NOP. The molecule has 0 amide bonds. The first-order valence-electron chi connectivity index (χ1n) is 8.47. The van der Waals surface area contributed by atoms with E-state index in [0.717, 1.165) is 15.6 Å². The molecule has 0 unspecified atom stereocenters. The van der Waals surface area contributed by atoms with Crippen molar-refractivity contribution in [3.05, 3.63) is 112 Å². The van der Waals surface area contributed by atoms with Crippen molar-refractivity contribution in [3.8, 4) is 0 Å². The first kappa shape index (κ1) is 21.0. The number of para-hydroxylation sites is 1. The van der Waals surface area contributed by atoms with Crippen LogP contribution in [-0.4, -0.2) is 0 Å². The summed E-state index contributed by atoms with van der Waals surface area (Å²) in [6, 6.07) is 26.2. The summed E-state index contributed by atoms with van der Waals surface area (Å²) in [4.78, 5) is 0. The normalized spacial score (nSPS) is 14.4. The summed E-state index contributed by atoms with van der Waals surface area (Å²) in [5, 5.41) is 3.88. The fraction of sp³-hybridized carbons (Fsp3) is 0. The van der Waals surface area contributed by atoms with Gasteiger partial charge in [0.25, 0.3) is 0 Å². The third-order valence-corrected chi connectivity index (χ3v) is 7.40. The highest BCUT2D eigenvalue weighted by Gasteiger charge is 2.20. The Morgan fingerprint density at radius 3 is 1.64 bits per heavy atom. The monoisotopic (exact) mass is 491 g/mol. The van der Waals surface area contributed by atoms with Gasteiger partial charge < -0.3 is 5.09 Å². The maximum Gasteiger partial charge on any atom is 0.216 e. The van der Waals surface area contributed by atoms with Gasteiger partial charge in [0.15, 0.2) is 0 Å². The molecule has 0 atom stereocenters. The van der Waals surface area contributed by atoms with E-state index in [2.05, 4.69) is 21.0 Å². The van der Waals surface area contributed by atoms with Gasteiger partial charge in [-0.15, -0.1) is 0 Å². The van der Waals surface area contributed by atoms with Crippen LogP contribution in [0.25, 0.3) is 10.1 Å². The Kier molecular flexibility index (Phi) is 7.20. The van der Waals surface area contributed by atoms with Gasteiger partial charge in [0, 0.05) is 16.1 Å². The van der Waals surface area contributed by atoms with E-state index in [1.807, 2.05) is 84.9 Å². The van der Waals surface area contributed by atoms with Gasteiger partial charge >= 0.3 is 0 Å². The topological polar surface area (TPSA) is 29.1 Å². The molecule has 0 saturated carbocycles. The summed E-state index contributed by atoms with van der Waals surface area (Å²) < 4.78 is 14.6. The molecule has 0 radical (unpaired) electrons. The van der Waals surface area contributed by atoms with Crippen LogP contribution in [0.15, 0.2) is 101 Å². The summed E-state index contributed by atoms with van der Waals surface area (Å²) in [6.07, 6.45) is 0. The van der Waals surface area contributed by atoms with Crippen molar-refractivity contribution >= 4 is 62.2 Å². The minimum Gasteiger partial charge on any atom is -0.329 e. The molecule has 0 fully saturated rings. The van der Waals surface area contributed by atoms with E-state index in [1.54, 1.807) is 0 Å². The van der Waals surface area contributed by atoms with E-state index >= 15 is 0 Å². The van der Waals surface area contributed by atoms with Crippen LogP contribution in [0.3, 0.4) is 0 Å². The Bertz CT molecular complexity index is 993. The quantitative estimate of drug-likeness (QED) is 0.349. The SMILES string of the molecule is O=P(C=C(Cl)c1ccccc1)(C=C(Cl)c1ccccc1)Nc1ccccc1Br. The van der Waals surface area contributed by atoms with Gasteiger partial charge in [0.05, 0.1) is 15.8 Å². The second-order valence-corrected chi connectivity index (χ2v) is 9.81. The number of benzene rings is 3. The Labute approximate surface area is 183 Å². The van der Waals surface area contributed by atoms with E-state index in [0.29, 0.717) is 15.8 Å². The molecule has 3 aromatic carbocycles. The Morgan fingerprint density at radius 2 is 1.18 bits per heavy atom. The molecular weight excluding hydrogens is 476 g/mol. The number of rotatable bonds is 6. The number of nitrogens with one attached hydrogen (secondary N) is 1. The molecule has 3 aromatic rings. The van der Waals surface area contributed by atoms with Crippen molar-refractivity contribution < 1.29 is 4.57 Å². The van der Waals surface area contributed by atoms with E-state index < -0.39 is 7.29 Å². The molecule has 2 nitrogen and oxygen atoms in total. The van der Waals surface area contributed by atoms with Crippen LogP contribution in [0.5, 0.6) is 0 Å². The van der Waals surface area contributed by atoms with Gasteiger partial charge in [-0.2, -0.15) is 0 Å². The first-order chi connectivity index (χ1) is 13.5. The summed E-state index contributed by atoms with van der Waals surface area (Å²) in [6.45, 7) is 0. The first-order valence-corrected chi connectivity index (χ1v) is 11.9. The molecule has 0 aromatic heterocycles. The van der Waals surface area contributed by atoms with Crippen molar-refractivity contribution in [1.82, 2.24) is 0 Å². The fourth-order valence-corrected chi connectivity index (χ4v) is 5.93. The third kappa shape index (κ3) is 5.62. The highest BCUT2D eigenvalue weighted by atomic mass is 79.9. The lowest BCUT2D eigenvalue weighted by molar-refractivity contribution is 0.589. The van der Waals surface area contributed by atoms with Crippen LogP contribution in [-0.2, 0) is 4.57 Å². The highest BCUT2D eigenvalue weighted by molar-refractivity contribution is 9.10. The van der Waals surface area contributed by atoms with Crippen LogP contribution in [0.1, 0.15) is 11.1 Å².